The molecule has 0 spiro atoms. The number of hydrogen-bond donors (Lipinski definition) is 2. The Balaban J connectivity index is 0.00000121. The van der Waals surface area contributed by atoms with Crippen LogP contribution in [-0.2, 0) is 10.7 Å². The molecule has 0 atom stereocenters. The second-order valence-electron chi connectivity index (χ2n) is 2.18. The van der Waals surface area contributed by atoms with Crippen LogP contribution in [0.5, 0.6) is 0 Å². The Morgan fingerprint density at radius 1 is 1.33 bits per heavy atom. The van der Waals surface area contributed by atoms with Crippen molar-refractivity contribution in [1.29, 1.82) is 0 Å². The van der Waals surface area contributed by atoms with Crippen LogP contribution in [0.15, 0.2) is 24.5 Å². The molecule has 1 heterocycles. The van der Waals surface area contributed by atoms with Gasteiger partial charge in [0.1, 0.15) is 0 Å². The van der Waals surface area contributed by atoms with E-state index < -0.39 is 7.60 Å². The molecule has 0 radical (unpaired) electrons. The molecule has 68 valence electrons. The third kappa shape index (κ3) is 4.20. The van der Waals surface area contributed by atoms with Crippen LogP contribution in [0.25, 0.3) is 0 Å². The van der Waals surface area contributed by atoms with Crippen LogP contribution in [0, 0.1) is 0 Å². The normalized spacial score (nSPS) is 10.5. The predicted octanol–water partition coefficient (Wildman–Crippen LogP) is -0.0654. The molecule has 6 heteroatoms. The average Bonchev–Trinajstić information content (AvgIpc) is 1.85. The third-order valence-electron chi connectivity index (χ3n) is 1.14. The Labute approximate surface area is 69.5 Å². The molecule has 0 aliphatic carbocycles. The number of hydrogen-bond acceptors (Lipinski definition) is 2. The Morgan fingerprint density at radius 2 is 1.83 bits per heavy atom. The van der Waals surface area contributed by atoms with Gasteiger partial charge >= 0.3 is 7.60 Å². The van der Waals surface area contributed by atoms with Crippen molar-refractivity contribution in [2.24, 2.45) is 0 Å². The van der Waals surface area contributed by atoms with Gasteiger partial charge in [0, 0.05) is 12.4 Å². The maximum Gasteiger partial charge on any atom is 0.329 e. The van der Waals surface area contributed by atoms with Gasteiger partial charge < -0.3 is 15.3 Å². The zero-order chi connectivity index (χ0) is 8.32. The number of nitrogens with zero attached hydrogens (tertiary/aromatic N) is 1. The SMILES string of the molecule is O.O=P(O)(O)Cc1ccncc1. The summed E-state index contributed by atoms with van der Waals surface area (Å²) in [5.41, 5.74) is 0.605. The zero-order valence-electron chi connectivity index (χ0n) is 6.21. The van der Waals surface area contributed by atoms with Crippen molar-refractivity contribution in [2.75, 3.05) is 0 Å². The van der Waals surface area contributed by atoms with Crippen molar-refractivity contribution in [3.05, 3.63) is 30.1 Å². The van der Waals surface area contributed by atoms with Gasteiger partial charge in [-0.2, -0.15) is 0 Å². The van der Waals surface area contributed by atoms with Crippen LogP contribution in [-0.4, -0.2) is 20.2 Å². The quantitative estimate of drug-likeness (QED) is 0.639. The second-order valence-corrected chi connectivity index (χ2v) is 3.82. The fraction of sp³-hybridized carbons (Fsp3) is 0.167. The average molecular weight is 191 g/mol. The van der Waals surface area contributed by atoms with Gasteiger partial charge in [0.05, 0.1) is 6.16 Å². The van der Waals surface area contributed by atoms with E-state index in [-0.39, 0.29) is 11.6 Å². The lowest BCUT2D eigenvalue weighted by atomic mass is 10.3. The molecule has 0 saturated heterocycles. The minimum absolute atomic E-state index is 0. The van der Waals surface area contributed by atoms with Gasteiger partial charge in [-0.3, -0.25) is 9.55 Å². The maximum absolute atomic E-state index is 10.5. The summed E-state index contributed by atoms with van der Waals surface area (Å²) in [6, 6.07) is 3.16. The van der Waals surface area contributed by atoms with E-state index in [1.807, 2.05) is 0 Å². The highest BCUT2D eigenvalue weighted by Gasteiger charge is 2.12. The van der Waals surface area contributed by atoms with Crippen molar-refractivity contribution >= 4 is 7.60 Å². The first-order chi connectivity index (χ1) is 5.08. The van der Waals surface area contributed by atoms with E-state index in [4.69, 9.17) is 9.79 Å². The molecule has 0 aliphatic heterocycles. The highest BCUT2D eigenvalue weighted by Crippen LogP contribution is 2.38. The molecule has 0 aromatic carbocycles. The first-order valence-corrected chi connectivity index (χ1v) is 4.81. The summed E-state index contributed by atoms with van der Waals surface area (Å²) in [5.74, 6) is 0. The van der Waals surface area contributed by atoms with E-state index in [9.17, 15) is 4.57 Å². The van der Waals surface area contributed by atoms with Gasteiger partial charge in [0.25, 0.3) is 0 Å². The van der Waals surface area contributed by atoms with Crippen LogP contribution >= 0.6 is 7.60 Å². The van der Waals surface area contributed by atoms with E-state index in [1.165, 1.54) is 12.4 Å². The Hall–Kier alpha value is -0.740. The van der Waals surface area contributed by atoms with Crippen LogP contribution < -0.4 is 0 Å². The summed E-state index contributed by atoms with van der Waals surface area (Å²) in [7, 11) is -3.92. The van der Waals surface area contributed by atoms with E-state index in [0.29, 0.717) is 5.56 Å². The van der Waals surface area contributed by atoms with Crippen LogP contribution in [0.2, 0.25) is 0 Å². The van der Waals surface area contributed by atoms with Crippen molar-refractivity contribution < 1.29 is 19.8 Å². The van der Waals surface area contributed by atoms with Crippen LogP contribution in [0.3, 0.4) is 0 Å². The van der Waals surface area contributed by atoms with Gasteiger partial charge in [-0.15, -0.1) is 0 Å². The fourth-order valence-electron chi connectivity index (χ4n) is 0.726. The standard InChI is InChI=1S/C6H8NO3P.H2O/c8-11(9,10)5-6-1-3-7-4-2-6;/h1-4H,5H2,(H2,8,9,10);1H2. The van der Waals surface area contributed by atoms with Gasteiger partial charge in [0.2, 0.25) is 0 Å². The highest BCUT2D eigenvalue weighted by molar-refractivity contribution is 7.50. The molecule has 4 N–H and O–H groups in total. The molecule has 1 rings (SSSR count). The van der Waals surface area contributed by atoms with Gasteiger partial charge in [-0.1, -0.05) is 0 Å². The summed E-state index contributed by atoms with van der Waals surface area (Å²) >= 11 is 0. The number of pyridine rings is 1. The van der Waals surface area contributed by atoms with E-state index >= 15 is 0 Å². The molecule has 12 heavy (non-hydrogen) atoms. The minimum Gasteiger partial charge on any atom is -0.412 e. The van der Waals surface area contributed by atoms with Crippen LogP contribution in [0.1, 0.15) is 5.56 Å². The lowest BCUT2D eigenvalue weighted by Crippen LogP contribution is -1.86. The summed E-state index contributed by atoms with van der Waals surface area (Å²) in [6.07, 6.45) is 2.80. The topological polar surface area (TPSA) is 102 Å². The molecule has 0 unspecified atom stereocenters. The molecular weight excluding hydrogens is 181 g/mol. The van der Waals surface area contributed by atoms with Crippen molar-refractivity contribution in [3.8, 4) is 0 Å². The molecule has 1 aromatic rings. The van der Waals surface area contributed by atoms with Crippen molar-refractivity contribution in [3.63, 3.8) is 0 Å². The number of rotatable bonds is 2. The smallest absolute Gasteiger partial charge is 0.329 e. The van der Waals surface area contributed by atoms with Crippen LogP contribution in [0.4, 0.5) is 0 Å². The molecule has 0 fully saturated rings. The van der Waals surface area contributed by atoms with E-state index in [2.05, 4.69) is 4.98 Å². The zero-order valence-corrected chi connectivity index (χ0v) is 7.11. The van der Waals surface area contributed by atoms with Gasteiger partial charge in [-0.25, -0.2) is 0 Å². The molecular formula is C6H10NO4P. The van der Waals surface area contributed by atoms with Crippen molar-refractivity contribution in [2.45, 2.75) is 6.16 Å². The van der Waals surface area contributed by atoms with E-state index in [1.54, 1.807) is 12.1 Å². The summed E-state index contributed by atoms with van der Waals surface area (Å²) in [4.78, 5) is 20.8. The Bertz CT molecular complexity index is 270. The van der Waals surface area contributed by atoms with E-state index in [0.717, 1.165) is 0 Å². The summed E-state index contributed by atoms with van der Waals surface area (Å²) in [6.45, 7) is 0. The predicted molar refractivity (Wildman–Crippen MR) is 43.6 cm³/mol. The van der Waals surface area contributed by atoms with Gasteiger partial charge in [-0.05, 0) is 17.7 Å². The first-order valence-electron chi connectivity index (χ1n) is 3.01. The molecule has 1 aromatic heterocycles. The largest absolute Gasteiger partial charge is 0.412 e. The highest BCUT2D eigenvalue weighted by atomic mass is 31.2. The Morgan fingerprint density at radius 3 is 2.25 bits per heavy atom. The molecule has 5 nitrogen and oxygen atoms in total. The van der Waals surface area contributed by atoms with Gasteiger partial charge in [0.15, 0.2) is 0 Å². The fourth-order valence-corrected chi connectivity index (χ4v) is 1.41. The number of aromatic nitrogens is 1. The molecule has 0 amide bonds. The van der Waals surface area contributed by atoms with Crippen molar-refractivity contribution in [1.82, 2.24) is 4.98 Å². The molecule has 0 aliphatic rings. The first kappa shape index (κ1) is 11.3. The summed E-state index contributed by atoms with van der Waals surface area (Å²) in [5, 5.41) is 0. The summed E-state index contributed by atoms with van der Waals surface area (Å²) < 4.78 is 10.5. The Kier molecular flexibility index (Phi) is 4.06. The maximum atomic E-state index is 10.5. The molecule has 0 bridgehead atoms. The lowest BCUT2D eigenvalue weighted by molar-refractivity contribution is 0.371. The third-order valence-corrected chi connectivity index (χ3v) is 1.91. The molecule has 0 saturated carbocycles. The monoisotopic (exact) mass is 191 g/mol. The lowest BCUT2D eigenvalue weighted by Gasteiger charge is -2.01. The minimum atomic E-state index is -3.92. The second kappa shape index (κ2) is 4.33.